The number of nitriles is 1. The molecule has 0 aliphatic carbocycles. The maximum absolute atomic E-state index is 12.4. The lowest BCUT2D eigenvalue weighted by Crippen LogP contribution is -2.25. The summed E-state index contributed by atoms with van der Waals surface area (Å²) in [5, 5.41) is 12.2. The fraction of sp³-hybridized carbons (Fsp3) is 0.200. The van der Waals surface area contributed by atoms with Crippen molar-refractivity contribution in [1.82, 2.24) is 10.9 Å². The van der Waals surface area contributed by atoms with E-state index in [1.807, 2.05) is 48.5 Å². The number of hydrogen-bond acceptors (Lipinski definition) is 5. The Balaban J connectivity index is 1.76. The molecule has 1 heterocycles. The van der Waals surface area contributed by atoms with Crippen LogP contribution in [-0.2, 0) is 4.79 Å². The van der Waals surface area contributed by atoms with E-state index in [1.165, 1.54) is 0 Å². The number of nitrogens with one attached hydrogen (secondary N) is 3. The molecular weight excluding hydrogens is 328 g/mol. The van der Waals surface area contributed by atoms with Crippen LogP contribution >= 0.6 is 0 Å². The van der Waals surface area contributed by atoms with Gasteiger partial charge in [-0.2, -0.15) is 5.26 Å². The molecule has 6 heteroatoms. The lowest BCUT2D eigenvalue weighted by Gasteiger charge is -2.16. The Morgan fingerprint density at radius 3 is 2.62 bits per heavy atom. The molecule has 6 nitrogen and oxygen atoms in total. The topological polar surface area (TPSA) is 86.2 Å². The molecule has 1 aliphatic rings. The monoisotopic (exact) mass is 348 g/mol. The van der Waals surface area contributed by atoms with E-state index in [0.717, 1.165) is 11.3 Å². The van der Waals surface area contributed by atoms with Crippen molar-refractivity contribution in [2.24, 2.45) is 5.92 Å². The summed E-state index contributed by atoms with van der Waals surface area (Å²) in [7, 11) is 1.63. The summed E-state index contributed by atoms with van der Waals surface area (Å²) in [4.78, 5) is 12.4. The lowest BCUT2D eigenvalue weighted by atomic mass is 9.93. The molecule has 2 atom stereocenters. The number of rotatable bonds is 5. The van der Waals surface area contributed by atoms with E-state index in [-0.39, 0.29) is 17.5 Å². The van der Waals surface area contributed by atoms with E-state index in [9.17, 15) is 10.1 Å². The van der Waals surface area contributed by atoms with Crippen LogP contribution in [0.25, 0.3) is 0 Å². The first kappa shape index (κ1) is 17.7. The molecule has 26 heavy (non-hydrogen) atoms. The summed E-state index contributed by atoms with van der Waals surface area (Å²) in [6.07, 6.45) is 1.72. The van der Waals surface area contributed by atoms with Gasteiger partial charge in [0, 0.05) is 18.2 Å². The molecule has 2 aromatic rings. The highest BCUT2D eigenvalue weighted by Gasteiger charge is 2.28. The third-order valence-corrected chi connectivity index (χ3v) is 4.28. The number of hydrogen-bond donors (Lipinski definition) is 3. The van der Waals surface area contributed by atoms with Crippen LogP contribution in [0.2, 0.25) is 0 Å². The SMILES string of the molecule is COc1ccc(C2NNCC2/C=C(\C#N)C(=O)Nc2ccccc2)cc1. The van der Waals surface area contributed by atoms with Crippen LogP contribution in [0.4, 0.5) is 5.69 Å². The van der Waals surface area contributed by atoms with Crippen LogP contribution < -0.4 is 20.9 Å². The smallest absolute Gasteiger partial charge is 0.265 e. The van der Waals surface area contributed by atoms with Gasteiger partial charge in [-0.25, -0.2) is 5.43 Å². The molecule has 0 saturated carbocycles. The molecule has 3 N–H and O–H groups in total. The van der Waals surface area contributed by atoms with Gasteiger partial charge in [-0.05, 0) is 29.8 Å². The first-order valence-corrected chi connectivity index (χ1v) is 8.32. The van der Waals surface area contributed by atoms with Gasteiger partial charge in [0.05, 0.1) is 13.2 Å². The zero-order valence-electron chi connectivity index (χ0n) is 14.4. The average molecular weight is 348 g/mol. The van der Waals surface area contributed by atoms with Crippen molar-refractivity contribution in [2.75, 3.05) is 19.0 Å². The molecule has 1 saturated heterocycles. The highest BCUT2D eigenvalue weighted by Crippen LogP contribution is 2.28. The summed E-state index contributed by atoms with van der Waals surface area (Å²) in [5.74, 6) is 0.352. The fourth-order valence-corrected chi connectivity index (χ4v) is 2.91. The molecule has 1 fully saturated rings. The summed E-state index contributed by atoms with van der Waals surface area (Å²) >= 11 is 0. The molecule has 2 aromatic carbocycles. The number of carbonyl (C=O) groups excluding carboxylic acids is 1. The number of hydrazine groups is 1. The summed E-state index contributed by atoms with van der Waals surface area (Å²) in [5.41, 5.74) is 8.12. The Bertz CT molecular complexity index is 825. The fourth-order valence-electron chi connectivity index (χ4n) is 2.91. The molecule has 0 spiro atoms. The number of ether oxygens (including phenoxy) is 1. The van der Waals surface area contributed by atoms with Crippen LogP contribution in [0.15, 0.2) is 66.2 Å². The molecule has 0 bridgehead atoms. The molecule has 0 aromatic heterocycles. The van der Waals surface area contributed by atoms with Crippen molar-refractivity contribution in [3.05, 3.63) is 71.8 Å². The third kappa shape index (κ3) is 4.09. The molecule has 132 valence electrons. The highest BCUT2D eigenvalue weighted by molar-refractivity contribution is 6.06. The average Bonchev–Trinajstić information content (AvgIpc) is 3.15. The van der Waals surface area contributed by atoms with Crippen molar-refractivity contribution < 1.29 is 9.53 Å². The molecule has 3 rings (SSSR count). The van der Waals surface area contributed by atoms with Crippen LogP contribution in [0, 0.1) is 17.2 Å². The van der Waals surface area contributed by atoms with Gasteiger partial charge in [0.1, 0.15) is 17.4 Å². The minimum Gasteiger partial charge on any atom is -0.497 e. The van der Waals surface area contributed by atoms with E-state index in [0.29, 0.717) is 12.2 Å². The summed E-state index contributed by atoms with van der Waals surface area (Å²) < 4.78 is 5.18. The van der Waals surface area contributed by atoms with E-state index >= 15 is 0 Å². The first-order chi connectivity index (χ1) is 12.7. The van der Waals surface area contributed by atoms with Gasteiger partial charge >= 0.3 is 0 Å². The second-order valence-electron chi connectivity index (χ2n) is 5.95. The Labute approximate surface area is 152 Å². The minimum atomic E-state index is -0.404. The summed E-state index contributed by atoms with van der Waals surface area (Å²) in [6.45, 7) is 0.625. The number of benzene rings is 2. The zero-order valence-corrected chi connectivity index (χ0v) is 14.4. The Kier molecular flexibility index (Phi) is 5.64. The second-order valence-corrected chi connectivity index (χ2v) is 5.95. The Morgan fingerprint density at radius 1 is 1.23 bits per heavy atom. The van der Waals surface area contributed by atoms with Gasteiger partial charge in [0.25, 0.3) is 5.91 Å². The van der Waals surface area contributed by atoms with E-state index in [4.69, 9.17) is 4.74 Å². The van der Waals surface area contributed by atoms with Crippen LogP contribution in [0.1, 0.15) is 11.6 Å². The van der Waals surface area contributed by atoms with Gasteiger partial charge < -0.3 is 10.1 Å². The quantitative estimate of drug-likeness (QED) is 0.571. The summed E-state index contributed by atoms with van der Waals surface area (Å²) in [6, 6.07) is 18.8. The van der Waals surface area contributed by atoms with E-state index < -0.39 is 5.91 Å². The number of carbonyl (C=O) groups is 1. The number of anilines is 1. The maximum Gasteiger partial charge on any atom is 0.265 e. The highest BCUT2D eigenvalue weighted by atomic mass is 16.5. The predicted molar refractivity (Wildman–Crippen MR) is 99.1 cm³/mol. The Morgan fingerprint density at radius 2 is 1.96 bits per heavy atom. The van der Waals surface area contributed by atoms with Crippen LogP contribution in [0.5, 0.6) is 5.75 Å². The van der Waals surface area contributed by atoms with Crippen molar-refractivity contribution in [3.8, 4) is 11.8 Å². The number of nitrogens with zero attached hydrogens (tertiary/aromatic N) is 1. The maximum atomic E-state index is 12.4. The van der Waals surface area contributed by atoms with Gasteiger partial charge in [0.2, 0.25) is 0 Å². The molecule has 2 unspecified atom stereocenters. The largest absolute Gasteiger partial charge is 0.497 e. The third-order valence-electron chi connectivity index (χ3n) is 4.28. The molecule has 1 aliphatic heterocycles. The molecule has 0 radical (unpaired) electrons. The van der Waals surface area contributed by atoms with Gasteiger partial charge in [-0.15, -0.1) is 0 Å². The van der Waals surface area contributed by atoms with E-state index in [2.05, 4.69) is 16.2 Å². The van der Waals surface area contributed by atoms with Crippen molar-refractivity contribution in [3.63, 3.8) is 0 Å². The first-order valence-electron chi connectivity index (χ1n) is 8.32. The lowest BCUT2D eigenvalue weighted by molar-refractivity contribution is -0.112. The van der Waals surface area contributed by atoms with Gasteiger partial charge in [0.15, 0.2) is 0 Å². The van der Waals surface area contributed by atoms with Crippen LogP contribution in [0.3, 0.4) is 0 Å². The number of para-hydroxylation sites is 1. The van der Waals surface area contributed by atoms with Gasteiger partial charge in [-0.1, -0.05) is 36.4 Å². The standard InChI is InChI=1S/C20H20N4O2/c1-26-18-9-7-14(8-10-18)19-16(13-22-24-19)11-15(12-21)20(25)23-17-5-3-2-4-6-17/h2-11,16,19,22,24H,13H2,1H3,(H,23,25)/b15-11+. The van der Waals surface area contributed by atoms with Crippen molar-refractivity contribution in [1.29, 1.82) is 5.26 Å². The van der Waals surface area contributed by atoms with Crippen molar-refractivity contribution in [2.45, 2.75) is 6.04 Å². The minimum absolute atomic E-state index is 0.0282. The van der Waals surface area contributed by atoms with Gasteiger partial charge in [-0.3, -0.25) is 10.2 Å². The van der Waals surface area contributed by atoms with E-state index in [1.54, 1.807) is 25.3 Å². The number of methoxy groups -OCH3 is 1. The van der Waals surface area contributed by atoms with Crippen molar-refractivity contribution >= 4 is 11.6 Å². The molecular formula is C20H20N4O2. The molecule has 1 amide bonds. The van der Waals surface area contributed by atoms with Crippen LogP contribution in [-0.4, -0.2) is 19.6 Å². The second kappa shape index (κ2) is 8.30. The number of amides is 1. The normalized spacial score (nSPS) is 19.6. The zero-order chi connectivity index (χ0) is 18.4. The predicted octanol–water partition coefficient (Wildman–Crippen LogP) is 2.55. The Hall–Kier alpha value is -3.14.